The molecular weight excluding hydrogens is 474 g/mol. The number of anilines is 1. The van der Waals surface area contributed by atoms with E-state index >= 15 is 0 Å². The lowest BCUT2D eigenvalue weighted by molar-refractivity contribution is 0.563. The summed E-state index contributed by atoms with van der Waals surface area (Å²) in [7, 11) is 0. The quantitative estimate of drug-likeness (QED) is 0.271. The molecule has 0 atom stereocenters. The minimum atomic E-state index is -0.474. The van der Waals surface area contributed by atoms with Crippen molar-refractivity contribution in [1.29, 1.82) is 5.26 Å². The van der Waals surface area contributed by atoms with E-state index in [1.54, 1.807) is 48.0 Å². The third-order valence-corrected chi connectivity index (χ3v) is 5.67. The van der Waals surface area contributed by atoms with Crippen LogP contribution in [0.5, 0.6) is 0 Å². The number of benzene rings is 2. The van der Waals surface area contributed by atoms with Crippen LogP contribution >= 0.6 is 38.9 Å². The molecule has 0 amide bonds. The van der Waals surface area contributed by atoms with Gasteiger partial charge in [-0.1, -0.05) is 27.5 Å². The summed E-state index contributed by atoms with van der Waals surface area (Å²) < 4.78 is 6.28. The number of halogens is 2. The average Bonchev–Trinajstić information content (AvgIpc) is 3.19. The first-order chi connectivity index (χ1) is 14.0. The number of thiazole rings is 1. The molecule has 29 heavy (non-hydrogen) atoms. The van der Waals surface area contributed by atoms with Crippen molar-refractivity contribution in [3.8, 4) is 17.3 Å². The van der Waals surface area contributed by atoms with E-state index in [2.05, 4.69) is 32.3 Å². The summed E-state index contributed by atoms with van der Waals surface area (Å²) in [6.45, 7) is 0. The molecule has 0 aliphatic carbocycles. The van der Waals surface area contributed by atoms with Gasteiger partial charge in [-0.3, -0.25) is 0 Å². The van der Waals surface area contributed by atoms with Gasteiger partial charge >= 0.3 is 5.63 Å². The molecule has 0 saturated carbocycles. The predicted octanol–water partition coefficient (Wildman–Crippen LogP) is 6.31. The number of nitrogens with zero attached hydrogens (tertiary/aromatic N) is 2. The third-order valence-electron chi connectivity index (χ3n) is 4.05. The molecule has 8 heteroatoms. The Kier molecular flexibility index (Phi) is 5.49. The number of hydrogen-bond acceptors (Lipinski definition) is 6. The number of hydrogen-bond donors (Lipinski definition) is 1. The van der Waals surface area contributed by atoms with Crippen molar-refractivity contribution in [3.63, 3.8) is 0 Å². The van der Waals surface area contributed by atoms with E-state index in [1.807, 2.05) is 12.1 Å². The van der Waals surface area contributed by atoms with E-state index in [0.717, 1.165) is 15.5 Å². The molecule has 2 heterocycles. The van der Waals surface area contributed by atoms with Gasteiger partial charge in [-0.15, -0.1) is 11.3 Å². The Morgan fingerprint density at radius 3 is 2.79 bits per heavy atom. The summed E-state index contributed by atoms with van der Waals surface area (Å²) in [5.74, 6) is 0. The fraction of sp³-hybridized carbons (Fsp3) is 0. The molecule has 5 nitrogen and oxygen atoms in total. The van der Waals surface area contributed by atoms with Crippen molar-refractivity contribution in [3.05, 3.63) is 85.0 Å². The van der Waals surface area contributed by atoms with Crippen LogP contribution in [-0.4, -0.2) is 4.98 Å². The minimum absolute atomic E-state index is 0.348. The monoisotopic (exact) mass is 483 g/mol. The van der Waals surface area contributed by atoms with E-state index in [4.69, 9.17) is 16.0 Å². The minimum Gasteiger partial charge on any atom is -0.422 e. The van der Waals surface area contributed by atoms with E-state index in [1.165, 1.54) is 11.3 Å². The van der Waals surface area contributed by atoms with Crippen molar-refractivity contribution < 1.29 is 4.42 Å². The molecule has 0 unspecified atom stereocenters. The maximum Gasteiger partial charge on any atom is 0.345 e. The highest BCUT2D eigenvalue weighted by molar-refractivity contribution is 9.10. The van der Waals surface area contributed by atoms with Gasteiger partial charge in [0.1, 0.15) is 22.2 Å². The fourth-order valence-electron chi connectivity index (χ4n) is 2.64. The normalized spacial score (nSPS) is 11.4. The fourth-order valence-corrected chi connectivity index (χ4v) is 3.93. The molecule has 0 fully saturated rings. The first kappa shape index (κ1) is 19.4. The number of rotatable bonds is 4. The van der Waals surface area contributed by atoms with Gasteiger partial charge in [0.2, 0.25) is 0 Å². The average molecular weight is 485 g/mol. The van der Waals surface area contributed by atoms with Gasteiger partial charge in [0.25, 0.3) is 0 Å². The first-order valence-electron chi connectivity index (χ1n) is 8.35. The number of nitriles is 1. The Hall–Kier alpha value is -2.92. The largest absolute Gasteiger partial charge is 0.422 e. The molecule has 2 aromatic carbocycles. The topological polar surface area (TPSA) is 78.9 Å². The maximum absolute atomic E-state index is 12.4. The van der Waals surface area contributed by atoms with Gasteiger partial charge in [0, 0.05) is 32.1 Å². The molecule has 142 valence electrons. The third kappa shape index (κ3) is 4.25. The van der Waals surface area contributed by atoms with Crippen LogP contribution in [0.4, 0.5) is 5.69 Å². The second kappa shape index (κ2) is 8.21. The summed E-state index contributed by atoms with van der Waals surface area (Å²) in [6.07, 6.45) is 1.58. The van der Waals surface area contributed by atoms with Crippen molar-refractivity contribution in [2.75, 3.05) is 5.32 Å². The van der Waals surface area contributed by atoms with Crippen molar-refractivity contribution >= 4 is 61.1 Å². The lowest BCUT2D eigenvalue weighted by atomic mass is 10.1. The van der Waals surface area contributed by atoms with Crippen LogP contribution in [0.15, 0.2) is 73.8 Å². The van der Waals surface area contributed by atoms with Gasteiger partial charge in [-0.05, 0) is 48.5 Å². The second-order valence-electron chi connectivity index (χ2n) is 5.99. The molecule has 0 aliphatic heterocycles. The number of allylic oxidation sites excluding steroid dienone is 1. The Morgan fingerprint density at radius 1 is 1.24 bits per heavy atom. The van der Waals surface area contributed by atoms with Crippen molar-refractivity contribution in [2.45, 2.75) is 0 Å². The van der Waals surface area contributed by atoms with E-state index in [9.17, 15) is 10.1 Å². The molecule has 0 bridgehead atoms. The van der Waals surface area contributed by atoms with Gasteiger partial charge in [0.15, 0.2) is 0 Å². The van der Waals surface area contributed by atoms with Crippen molar-refractivity contribution in [1.82, 2.24) is 4.98 Å². The maximum atomic E-state index is 12.4. The highest BCUT2D eigenvalue weighted by Crippen LogP contribution is 2.27. The summed E-state index contributed by atoms with van der Waals surface area (Å²) >= 11 is 10.6. The molecule has 4 aromatic rings. The van der Waals surface area contributed by atoms with Gasteiger partial charge in [0.05, 0.1) is 11.3 Å². The standard InChI is InChI=1S/C21H11BrClN3O2S/c22-14-1-6-19-12(7-14)8-17(21(27)28-19)18-11-29-20(26-18)13(9-24)10-25-16-4-2-15(23)3-5-16/h1-8,10-11,25H/b13-10+. The zero-order chi connectivity index (χ0) is 20.4. The van der Waals surface area contributed by atoms with Crippen LogP contribution in [0.2, 0.25) is 5.02 Å². The predicted molar refractivity (Wildman–Crippen MR) is 120 cm³/mol. The van der Waals surface area contributed by atoms with Crippen LogP contribution in [0, 0.1) is 11.3 Å². The van der Waals surface area contributed by atoms with Gasteiger partial charge in [-0.25, -0.2) is 9.78 Å². The highest BCUT2D eigenvalue weighted by atomic mass is 79.9. The Labute approximate surface area is 183 Å². The Balaban J connectivity index is 1.66. The summed E-state index contributed by atoms with van der Waals surface area (Å²) in [4.78, 5) is 16.9. The van der Waals surface area contributed by atoms with Crippen LogP contribution in [0.1, 0.15) is 5.01 Å². The molecule has 0 spiro atoms. The molecule has 0 saturated heterocycles. The first-order valence-corrected chi connectivity index (χ1v) is 10.4. The number of fused-ring (bicyclic) bond motifs is 1. The summed E-state index contributed by atoms with van der Waals surface area (Å²) in [5, 5.41) is 16.2. The zero-order valence-electron chi connectivity index (χ0n) is 14.6. The molecular formula is C21H11BrClN3O2S. The second-order valence-corrected chi connectivity index (χ2v) is 8.20. The highest BCUT2D eigenvalue weighted by Gasteiger charge is 2.14. The Morgan fingerprint density at radius 2 is 2.03 bits per heavy atom. The summed E-state index contributed by atoms with van der Waals surface area (Å²) in [5.41, 5.74) is 1.98. The zero-order valence-corrected chi connectivity index (χ0v) is 17.8. The van der Waals surface area contributed by atoms with E-state index in [-0.39, 0.29) is 0 Å². The molecule has 0 aliphatic rings. The lowest BCUT2D eigenvalue weighted by Gasteiger charge is -2.01. The molecule has 2 aromatic heterocycles. The number of aromatic nitrogens is 1. The van der Waals surface area contributed by atoms with Crippen LogP contribution in [-0.2, 0) is 0 Å². The van der Waals surface area contributed by atoms with Gasteiger partial charge < -0.3 is 9.73 Å². The SMILES string of the molecule is N#C/C(=C\Nc1ccc(Cl)cc1)c1nc(-c2cc3cc(Br)ccc3oc2=O)cs1. The summed E-state index contributed by atoms with van der Waals surface area (Å²) in [6, 6.07) is 16.4. The lowest BCUT2D eigenvalue weighted by Crippen LogP contribution is -2.03. The van der Waals surface area contributed by atoms with Crippen LogP contribution in [0.3, 0.4) is 0 Å². The molecule has 1 N–H and O–H groups in total. The van der Waals surface area contributed by atoms with Crippen LogP contribution < -0.4 is 10.9 Å². The Bertz CT molecular complexity index is 1340. The van der Waals surface area contributed by atoms with Crippen molar-refractivity contribution in [2.24, 2.45) is 0 Å². The molecule has 0 radical (unpaired) electrons. The molecule has 4 rings (SSSR count). The van der Waals surface area contributed by atoms with E-state index < -0.39 is 5.63 Å². The smallest absolute Gasteiger partial charge is 0.345 e. The number of nitrogens with one attached hydrogen (secondary N) is 1. The van der Waals surface area contributed by atoms with E-state index in [0.29, 0.717) is 32.4 Å². The van der Waals surface area contributed by atoms with Gasteiger partial charge in [-0.2, -0.15) is 5.26 Å². The van der Waals surface area contributed by atoms with Crippen LogP contribution in [0.25, 0.3) is 27.8 Å².